The van der Waals surface area contributed by atoms with Crippen LogP contribution in [0.4, 0.5) is 0 Å². The Balaban J connectivity index is 1.27. The minimum atomic E-state index is -1.81. The summed E-state index contributed by atoms with van der Waals surface area (Å²) in [6.07, 6.45) is 0.743. The maximum Gasteiger partial charge on any atom is 0.664 e. The third kappa shape index (κ3) is 7.15. The lowest BCUT2D eigenvalue weighted by Crippen LogP contribution is -1.91. The largest absolute Gasteiger partial charge is 0.664 e. The Labute approximate surface area is 194 Å². The van der Waals surface area contributed by atoms with E-state index in [1.807, 2.05) is 84.9 Å². The normalized spacial score (nSPS) is 11.3. The van der Waals surface area contributed by atoms with E-state index in [1.165, 1.54) is 0 Å². The molecule has 4 aromatic carbocycles. The Hall–Kier alpha value is -3.72. The molecule has 0 bridgehead atoms. The number of hydrogen-bond donors (Lipinski definition) is 2. The quantitative estimate of drug-likeness (QED) is 0.225. The van der Waals surface area contributed by atoms with Gasteiger partial charge in [0.15, 0.2) is 23.0 Å². The minimum Gasteiger partial charge on any atom is -0.236 e. The standard InChI is InChI=1S/C25H22N2O4P2/c26-32(28-22-7-3-1-4-8-22)30-24-15-11-20(12-16-24)19-21-13-17-25(18-14-21)31-33(27)29-23-9-5-2-6-10-23/h1-18,26-27H,19H2/q+2. The Morgan fingerprint density at radius 1 is 0.424 bits per heavy atom. The van der Waals surface area contributed by atoms with Gasteiger partial charge in [-0.05, 0) is 76.4 Å². The molecule has 33 heavy (non-hydrogen) atoms. The molecule has 8 heteroatoms. The number of para-hydroxylation sites is 2. The van der Waals surface area contributed by atoms with Crippen molar-refractivity contribution in [3.63, 3.8) is 0 Å². The zero-order valence-corrected chi connectivity index (χ0v) is 19.4. The molecule has 0 saturated carbocycles. The molecule has 6 nitrogen and oxygen atoms in total. The fraction of sp³-hybridized carbons (Fsp3) is 0.0400. The summed E-state index contributed by atoms with van der Waals surface area (Å²) in [5.74, 6) is 2.43. The first kappa shape index (κ1) is 22.5. The maximum absolute atomic E-state index is 8.00. The van der Waals surface area contributed by atoms with Crippen molar-refractivity contribution in [1.29, 1.82) is 10.3 Å². The molecule has 4 aromatic rings. The van der Waals surface area contributed by atoms with Crippen LogP contribution in [0, 0.1) is 10.3 Å². The Kier molecular flexibility index (Phi) is 7.65. The number of rotatable bonds is 10. The summed E-state index contributed by atoms with van der Waals surface area (Å²) in [7, 11) is -3.61. The van der Waals surface area contributed by atoms with E-state index in [1.54, 1.807) is 24.3 Å². The van der Waals surface area contributed by atoms with E-state index in [0.717, 1.165) is 17.5 Å². The van der Waals surface area contributed by atoms with E-state index >= 15 is 0 Å². The van der Waals surface area contributed by atoms with Crippen LogP contribution in [0.5, 0.6) is 23.0 Å². The average molecular weight is 476 g/mol. The van der Waals surface area contributed by atoms with E-state index in [9.17, 15) is 0 Å². The SMILES string of the molecule is N=[P+](Oc1ccccc1)Oc1ccc(Cc2ccc(O[P+](=N)Oc3ccccc3)cc2)cc1. The predicted molar refractivity (Wildman–Crippen MR) is 130 cm³/mol. The fourth-order valence-corrected chi connectivity index (χ4v) is 4.28. The molecule has 0 aromatic heterocycles. The second kappa shape index (κ2) is 11.2. The summed E-state index contributed by atoms with van der Waals surface area (Å²) >= 11 is 0. The molecule has 0 spiro atoms. The molecular formula is C25H22N2O4P2+2. The topological polar surface area (TPSA) is 84.6 Å². The van der Waals surface area contributed by atoms with Gasteiger partial charge in [0.2, 0.25) is 0 Å². The van der Waals surface area contributed by atoms with Crippen molar-refractivity contribution in [1.82, 2.24) is 0 Å². The van der Waals surface area contributed by atoms with Crippen molar-refractivity contribution >= 4 is 16.3 Å². The van der Waals surface area contributed by atoms with E-state index in [0.29, 0.717) is 23.0 Å². The maximum atomic E-state index is 8.00. The van der Waals surface area contributed by atoms with Crippen molar-refractivity contribution in [3.05, 3.63) is 120 Å². The van der Waals surface area contributed by atoms with Gasteiger partial charge in [-0.25, -0.2) is 18.1 Å². The molecule has 0 aliphatic carbocycles. The smallest absolute Gasteiger partial charge is 0.236 e. The molecule has 0 aliphatic heterocycles. The van der Waals surface area contributed by atoms with Gasteiger partial charge >= 0.3 is 16.3 Å². The van der Waals surface area contributed by atoms with E-state index in [2.05, 4.69) is 0 Å². The van der Waals surface area contributed by atoms with Gasteiger partial charge in [-0.3, -0.25) is 0 Å². The highest BCUT2D eigenvalue weighted by atomic mass is 31.1. The summed E-state index contributed by atoms with van der Waals surface area (Å²) in [6.45, 7) is 0. The van der Waals surface area contributed by atoms with Crippen LogP contribution < -0.4 is 18.1 Å². The third-order valence-electron chi connectivity index (χ3n) is 4.49. The third-order valence-corrected chi connectivity index (χ3v) is 6.00. The lowest BCUT2D eigenvalue weighted by Gasteiger charge is -2.03. The van der Waals surface area contributed by atoms with Crippen LogP contribution >= 0.6 is 16.3 Å². The fourth-order valence-electron chi connectivity index (χ4n) is 2.95. The Morgan fingerprint density at radius 3 is 1.06 bits per heavy atom. The van der Waals surface area contributed by atoms with Gasteiger partial charge in [-0.15, -0.1) is 0 Å². The Bertz CT molecular complexity index is 1110. The highest BCUT2D eigenvalue weighted by Gasteiger charge is 2.19. The van der Waals surface area contributed by atoms with Gasteiger partial charge in [0.25, 0.3) is 0 Å². The van der Waals surface area contributed by atoms with Crippen molar-refractivity contribution < 1.29 is 18.1 Å². The van der Waals surface area contributed by atoms with Gasteiger partial charge in [0.05, 0.1) is 0 Å². The zero-order valence-electron chi connectivity index (χ0n) is 17.6. The summed E-state index contributed by atoms with van der Waals surface area (Å²) in [6, 6.07) is 33.7. The molecule has 0 fully saturated rings. The minimum absolute atomic E-state index is 0.599. The van der Waals surface area contributed by atoms with Crippen LogP contribution in [0.15, 0.2) is 109 Å². The summed E-state index contributed by atoms with van der Waals surface area (Å²) in [5, 5.41) is 16.0. The second-order valence-corrected chi connectivity index (χ2v) is 8.73. The van der Waals surface area contributed by atoms with Crippen LogP contribution in [0.25, 0.3) is 0 Å². The van der Waals surface area contributed by atoms with Gasteiger partial charge < -0.3 is 0 Å². The van der Waals surface area contributed by atoms with Gasteiger partial charge in [0.1, 0.15) is 0 Å². The van der Waals surface area contributed by atoms with E-state index in [-0.39, 0.29) is 0 Å². The van der Waals surface area contributed by atoms with Gasteiger partial charge in [-0.2, -0.15) is 0 Å². The highest BCUT2D eigenvalue weighted by Crippen LogP contribution is 2.32. The molecule has 0 saturated heterocycles. The molecule has 2 unspecified atom stereocenters. The van der Waals surface area contributed by atoms with Crippen molar-refractivity contribution in [3.8, 4) is 23.0 Å². The summed E-state index contributed by atoms with van der Waals surface area (Å²) < 4.78 is 22.2. The zero-order chi connectivity index (χ0) is 22.9. The van der Waals surface area contributed by atoms with Crippen LogP contribution in [0.3, 0.4) is 0 Å². The number of benzene rings is 4. The summed E-state index contributed by atoms with van der Waals surface area (Å²) in [4.78, 5) is 0. The lowest BCUT2D eigenvalue weighted by atomic mass is 10.1. The molecule has 4 rings (SSSR count). The molecule has 0 amide bonds. The van der Waals surface area contributed by atoms with Crippen LogP contribution in [0.1, 0.15) is 11.1 Å². The molecule has 2 atom stereocenters. The predicted octanol–water partition coefficient (Wildman–Crippen LogP) is 8.34. The van der Waals surface area contributed by atoms with E-state index in [4.69, 9.17) is 28.4 Å². The van der Waals surface area contributed by atoms with Crippen molar-refractivity contribution in [2.45, 2.75) is 6.42 Å². The molecular weight excluding hydrogens is 454 g/mol. The van der Waals surface area contributed by atoms with Crippen molar-refractivity contribution in [2.24, 2.45) is 0 Å². The van der Waals surface area contributed by atoms with E-state index < -0.39 is 16.3 Å². The number of nitrogens with one attached hydrogen (secondary N) is 2. The first-order valence-corrected chi connectivity index (χ1v) is 12.5. The van der Waals surface area contributed by atoms with Gasteiger partial charge in [0, 0.05) is 0 Å². The lowest BCUT2D eigenvalue weighted by molar-refractivity contribution is 0.498. The number of hydrogen-bond acceptors (Lipinski definition) is 6. The average Bonchev–Trinajstić information content (AvgIpc) is 2.83. The molecule has 0 radical (unpaired) electrons. The molecule has 0 aliphatic rings. The van der Waals surface area contributed by atoms with Gasteiger partial charge in [-0.1, -0.05) is 60.7 Å². The van der Waals surface area contributed by atoms with Crippen LogP contribution in [-0.4, -0.2) is 0 Å². The van der Waals surface area contributed by atoms with Crippen LogP contribution in [0.2, 0.25) is 0 Å². The molecule has 0 heterocycles. The molecule has 2 N–H and O–H groups in total. The highest BCUT2D eigenvalue weighted by molar-refractivity contribution is 7.35. The monoisotopic (exact) mass is 476 g/mol. The van der Waals surface area contributed by atoms with Crippen molar-refractivity contribution in [2.75, 3.05) is 0 Å². The second-order valence-electron chi connectivity index (χ2n) is 6.97. The Morgan fingerprint density at radius 2 is 0.727 bits per heavy atom. The van der Waals surface area contributed by atoms with Crippen LogP contribution in [-0.2, 0) is 6.42 Å². The summed E-state index contributed by atoms with van der Waals surface area (Å²) in [5.41, 5.74) is 2.23. The first-order valence-electron chi connectivity index (χ1n) is 10.2. The molecule has 164 valence electrons. The first-order chi connectivity index (χ1) is 16.1.